The molecule has 0 bridgehead atoms. The van der Waals surface area contributed by atoms with Gasteiger partial charge >= 0.3 is 0 Å². The number of hydrogen-bond donors (Lipinski definition) is 1. The number of piperidine rings is 1. The molecule has 1 aromatic carbocycles. The zero-order valence-electron chi connectivity index (χ0n) is 9.17. The van der Waals surface area contributed by atoms with Crippen LogP contribution in [0.3, 0.4) is 0 Å². The summed E-state index contributed by atoms with van der Waals surface area (Å²) in [6, 6.07) is 3.66. The summed E-state index contributed by atoms with van der Waals surface area (Å²) in [7, 11) is 0. The molecule has 0 amide bonds. The fourth-order valence-electron chi connectivity index (χ4n) is 1.89. The van der Waals surface area contributed by atoms with Crippen molar-refractivity contribution in [3.05, 3.63) is 29.8 Å². The molecule has 4 heteroatoms. The van der Waals surface area contributed by atoms with E-state index in [9.17, 15) is 8.78 Å². The van der Waals surface area contributed by atoms with Crippen LogP contribution in [0.15, 0.2) is 18.2 Å². The van der Waals surface area contributed by atoms with Crippen LogP contribution in [0.25, 0.3) is 0 Å². The first kappa shape index (κ1) is 11.3. The van der Waals surface area contributed by atoms with E-state index in [1.54, 1.807) is 0 Å². The van der Waals surface area contributed by atoms with E-state index in [1.165, 1.54) is 6.07 Å². The third-order valence-corrected chi connectivity index (χ3v) is 2.89. The van der Waals surface area contributed by atoms with Crippen LogP contribution in [-0.4, -0.2) is 19.2 Å². The molecule has 1 saturated heterocycles. The molecule has 0 saturated carbocycles. The fourth-order valence-corrected chi connectivity index (χ4v) is 1.89. The van der Waals surface area contributed by atoms with Crippen LogP contribution in [0.2, 0.25) is 0 Å². The predicted octanol–water partition coefficient (Wildman–Crippen LogP) is 2.34. The predicted molar refractivity (Wildman–Crippen MR) is 57.4 cm³/mol. The lowest BCUT2D eigenvalue weighted by Gasteiger charge is -2.30. The van der Waals surface area contributed by atoms with Gasteiger partial charge in [0, 0.05) is 18.5 Å². The third-order valence-electron chi connectivity index (χ3n) is 2.89. The number of benzene rings is 1. The van der Waals surface area contributed by atoms with Gasteiger partial charge in [-0.25, -0.2) is 8.78 Å². The minimum atomic E-state index is -0.862. The van der Waals surface area contributed by atoms with Crippen LogP contribution in [-0.2, 0) is 0 Å². The zero-order valence-corrected chi connectivity index (χ0v) is 9.17. The third kappa shape index (κ3) is 2.50. The molecule has 2 unspecified atom stereocenters. The molecule has 2 nitrogen and oxygen atoms in total. The Labute approximate surface area is 93.6 Å². The average molecular weight is 227 g/mol. The van der Waals surface area contributed by atoms with Crippen LogP contribution < -0.4 is 10.1 Å². The Morgan fingerprint density at radius 3 is 2.81 bits per heavy atom. The second kappa shape index (κ2) is 4.78. The monoisotopic (exact) mass is 227 g/mol. The van der Waals surface area contributed by atoms with Gasteiger partial charge in [0.25, 0.3) is 0 Å². The first-order valence-corrected chi connectivity index (χ1v) is 5.49. The average Bonchev–Trinajstić information content (AvgIpc) is 2.27. The first-order chi connectivity index (χ1) is 7.66. The Kier molecular flexibility index (Phi) is 3.39. The van der Waals surface area contributed by atoms with E-state index in [0.717, 1.165) is 31.6 Å². The van der Waals surface area contributed by atoms with E-state index in [2.05, 4.69) is 12.2 Å². The van der Waals surface area contributed by atoms with E-state index in [0.29, 0.717) is 11.7 Å². The van der Waals surface area contributed by atoms with Gasteiger partial charge in [0.1, 0.15) is 11.9 Å². The Morgan fingerprint density at radius 1 is 1.31 bits per heavy atom. The van der Waals surface area contributed by atoms with Crippen LogP contribution in [0.1, 0.15) is 13.3 Å². The SMILES string of the molecule is CC1CNCCC1Oc1ccc(F)c(F)c1. The number of halogens is 2. The van der Waals surface area contributed by atoms with Crippen molar-refractivity contribution in [1.82, 2.24) is 5.32 Å². The smallest absolute Gasteiger partial charge is 0.162 e. The number of hydrogen-bond acceptors (Lipinski definition) is 2. The Bertz CT molecular complexity index is 370. The molecule has 1 aliphatic rings. The molecule has 0 aliphatic carbocycles. The number of rotatable bonds is 2. The van der Waals surface area contributed by atoms with Gasteiger partial charge in [-0.15, -0.1) is 0 Å². The molecule has 1 fully saturated rings. The minimum Gasteiger partial charge on any atom is -0.490 e. The van der Waals surface area contributed by atoms with E-state index < -0.39 is 11.6 Å². The summed E-state index contributed by atoms with van der Waals surface area (Å²) in [5.41, 5.74) is 0. The summed E-state index contributed by atoms with van der Waals surface area (Å²) in [5.74, 6) is -0.927. The first-order valence-electron chi connectivity index (χ1n) is 5.49. The maximum absolute atomic E-state index is 13.0. The van der Waals surface area contributed by atoms with Gasteiger partial charge in [0.2, 0.25) is 0 Å². The second-order valence-electron chi connectivity index (χ2n) is 4.20. The molecule has 1 heterocycles. The minimum absolute atomic E-state index is 0.0751. The lowest BCUT2D eigenvalue weighted by atomic mass is 9.98. The normalized spacial score (nSPS) is 25.4. The van der Waals surface area contributed by atoms with Crippen molar-refractivity contribution in [1.29, 1.82) is 0 Å². The summed E-state index contributed by atoms with van der Waals surface area (Å²) in [5, 5.41) is 3.26. The molecule has 2 atom stereocenters. The van der Waals surface area contributed by atoms with Crippen molar-refractivity contribution in [2.75, 3.05) is 13.1 Å². The van der Waals surface area contributed by atoms with Gasteiger partial charge in [-0.3, -0.25) is 0 Å². The molecule has 1 aliphatic heterocycles. The molecular formula is C12H15F2NO. The van der Waals surface area contributed by atoms with Crippen molar-refractivity contribution in [3.8, 4) is 5.75 Å². The second-order valence-corrected chi connectivity index (χ2v) is 4.20. The van der Waals surface area contributed by atoms with Gasteiger partial charge in [0.05, 0.1) is 0 Å². The highest BCUT2D eigenvalue weighted by atomic mass is 19.2. The highest BCUT2D eigenvalue weighted by Gasteiger charge is 2.22. The van der Waals surface area contributed by atoms with Crippen LogP contribution >= 0.6 is 0 Å². The molecule has 0 aromatic heterocycles. The number of nitrogens with one attached hydrogen (secondary N) is 1. The van der Waals surface area contributed by atoms with E-state index in [1.807, 2.05) is 0 Å². The van der Waals surface area contributed by atoms with Gasteiger partial charge < -0.3 is 10.1 Å². The standard InChI is InChI=1S/C12H15F2NO/c1-8-7-15-5-4-12(8)16-9-2-3-10(13)11(14)6-9/h2-3,6,8,12,15H,4-5,7H2,1H3. The van der Waals surface area contributed by atoms with E-state index in [-0.39, 0.29) is 6.10 Å². The molecular weight excluding hydrogens is 212 g/mol. The van der Waals surface area contributed by atoms with Crippen molar-refractivity contribution >= 4 is 0 Å². The van der Waals surface area contributed by atoms with Crippen molar-refractivity contribution in [2.24, 2.45) is 5.92 Å². The molecule has 0 spiro atoms. The lowest BCUT2D eigenvalue weighted by molar-refractivity contribution is 0.111. The topological polar surface area (TPSA) is 21.3 Å². The van der Waals surface area contributed by atoms with Crippen molar-refractivity contribution in [2.45, 2.75) is 19.4 Å². The summed E-state index contributed by atoms with van der Waals surface area (Å²) in [6.07, 6.45) is 0.964. The summed E-state index contributed by atoms with van der Waals surface area (Å²) < 4.78 is 31.3. The molecule has 16 heavy (non-hydrogen) atoms. The van der Waals surface area contributed by atoms with Gasteiger partial charge in [-0.1, -0.05) is 6.92 Å². The van der Waals surface area contributed by atoms with Gasteiger partial charge in [-0.05, 0) is 25.1 Å². The zero-order chi connectivity index (χ0) is 11.5. The molecule has 1 N–H and O–H groups in total. The van der Waals surface area contributed by atoms with E-state index >= 15 is 0 Å². The largest absolute Gasteiger partial charge is 0.490 e. The summed E-state index contributed by atoms with van der Waals surface area (Å²) in [6.45, 7) is 3.88. The lowest BCUT2D eigenvalue weighted by Crippen LogP contribution is -2.41. The Hall–Kier alpha value is -1.16. The van der Waals surface area contributed by atoms with Crippen molar-refractivity contribution in [3.63, 3.8) is 0 Å². The van der Waals surface area contributed by atoms with Crippen LogP contribution in [0, 0.1) is 17.6 Å². The Balaban J connectivity index is 2.05. The molecule has 88 valence electrons. The highest BCUT2D eigenvalue weighted by Crippen LogP contribution is 2.21. The fraction of sp³-hybridized carbons (Fsp3) is 0.500. The molecule has 1 aromatic rings. The van der Waals surface area contributed by atoms with Crippen LogP contribution in [0.4, 0.5) is 8.78 Å². The summed E-state index contributed by atoms with van der Waals surface area (Å²) in [4.78, 5) is 0. The van der Waals surface area contributed by atoms with Crippen LogP contribution in [0.5, 0.6) is 5.75 Å². The molecule has 0 radical (unpaired) electrons. The van der Waals surface area contributed by atoms with E-state index in [4.69, 9.17) is 4.74 Å². The summed E-state index contributed by atoms with van der Waals surface area (Å²) >= 11 is 0. The Morgan fingerprint density at radius 2 is 2.12 bits per heavy atom. The highest BCUT2D eigenvalue weighted by molar-refractivity contribution is 5.24. The maximum atomic E-state index is 13.0. The maximum Gasteiger partial charge on any atom is 0.162 e. The van der Waals surface area contributed by atoms with Crippen molar-refractivity contribution < 1.29 is 13.5 Å². The molecule has 2 rings (SSSR count). The van der Waals surface area contributed by atoms with Gasteiger partial charge in [0.15, 0.2) is 11.6 Å². The quantitative estimate of drug-likeness (QED) is 0.837. The van der Waals surface area contributed by atoms with Gasteiger partial charge in [-0.2, -0.15) is 0 Å². The number of ether oxygens (including phenoxy) is 1.